The van der Waals surface area contributed by atoms with Crippen LogP contribution in [0.1, 0.15) is 10.6 Å². The van der Waals surface area contributed by atoms with E-state index in [0.29, 0.717) is 0 Å². The highest BCUT2D eigenvalue weighted by Gasteiger charge is 2.08. The Hall–Kier alpha value is -1.98. The summed E-state index contributed by atoms with van der Waals surface area (Å²) in [5.41, 5.74) is 3.72. The van der Waals surface area contributed by atoms with Crippen molar-refractivity contribution < 1.29 is 28.5 Å². The second-order valence-corrected chi connectivity index (χ2v) is 6.89. The maximum Gasteiger partial charge on any atom is 0.212 e. The van der Waals surface area contributed by atoms with E-state index in [4.69, 9.17) is 0 Å². The van der Waals surface area contributed by atoms with Crippen LogP contribution in [0.3, 0.4) is 0 Å². The lowest BCUT2D eigenvalue weighted by Gasteiger charge is -1.99. The minimum absolute atomic E-state index is 0. The van der Waals surface area contributed by atoms with Crippen LogP contribution in [0.25, 0.3) is 33.5 Å². The molecule has 0 aliphatic rings. The van der Waals surface area contributed by atoms with Gasteiger partial charge in [0.1, 0.15) is 7.05 Å². The van der Waals surface area contributed by atoms with E-state index in [1.54, 1.807) is 0 Å². The Kier molecular flexibility index (Phi) is 5.66. The summed E-state index contributed by atoms with van der Waals surface area (Å²) in [7, 11) is 2.12. The molecule has 0 aliphatic heterocycles. The molecule has 2 aromatic carbocycles. The van der Waals surface area contributed by atoms with Gasteiger partial charge in [-0.3, -0.25) is 0 Å². The van der Waals surface area contributed by atoms with Crippen LogP contribution in [0.4, 0.5) is 0 Å². The lowest BCUT2D eigenvalue weighted by atomic mass is 10.2. The second kappa shape index (κ2) is 7.93. The van der Waals surface area contributed by atoms with Gasteiger partial charge in [0.2, 0.25) is 11.2 Å². The largest absolute Gasteiger partial charge is 1.00 e. The molecule has 25 heavy (non-hydrogen) atoms. The molecule has 0 saturated carbocycles. The van der Waals surface area contributed by atoms with Crippen LogP contribution >= 0.6 is 11.3 Å². The highest BCUT2D eigenvalue weighted by atomic mass is 127. The maximum atomic E-state index is 2.23. The van der Waals surface area contributed by atoms with Crippen molar-refractivity contribution in [3.8, 4) is 10.4 Å². The van der Waals surface area contributed by atoms with Crippen LogP contribution in [-0.2, 0) is 7.05 Å². The molecule has 4 aromatic rings. The molecule has 2 aromatic heterocycles. The topological polar surface area (TPSA) is 3.88 Å². The number of para-hydroxylation sites is 1. The number of aryl methyl sites for hydroxylation is 1. The number of benzene rings is 2. The highest BCUT2D eigenvalue weighted by Crippen LogP contribution is 2.28. The molecule has 124 valence electrons. The van der Waals surface area contributed by atoms with Gasteiger partial charge in [-0.05, 0) is 35.9 Å². The van der Waals surface area contributed by atoms with Crippen molar-refractivity contribution in [2.45, 2.75) is 0 Å². The van der Waals surface area contributed by atoms with E-state index in [-0.39, 0.29) is 24.0 Å². The Labute approximate surface area is 169 Å². The number of rotatable bonds is 3. The molecule has 4 rings (SSSR count). The van der Waals surface area contributed by atoms with E-state index in [0.717, 1.165) is 0 Å². The zero-order valence-electron chi connectivity index (χ0n) is 13.9. The predicted octanol–water partition coefficient (Wildman–Crippen LogP) is 2.57. The summed E-state index contributed by atoms with van der Waals surface area (Å²) in [6.07, 6.45) is 4.38. The first kappa shape index (κ1) is 17.8. The average Bonchev–Trinajstić information content (AvgIpc) is 3.11. The molecule has 0 aliphatic carbocycles. The zero-order valence-corrected chi connectivity index (χ0v) is 16.9. The third kappa shape index (κ3) is 3.83. The Balaban J connectivity index is 0.00000182. The van der Waals surface area contributed by atoms with Gasteiger partial charge in [-0.1, -0.05) is 42.5 Å². The van der Waals surface area contributed by atoms with Crippen LogP contribution in [0, 0.1) is 0 Å². The van der Waals surface area contributed by atoms with Gasteiger partial charge in [0.25, 0.3) is 0 Å². The van der Waals surface area contributed by atoms with E-state index in [2.05, 4.69) is 103 Å². The minimum Gasteiger partial charge on any atom is -1.00 e. The van der Waals surface area contributed by atoms with Gasteiger partial charge in [0, 0.05) is 33.3 Å². The Morgan fingerprint density at radius 2 is 1.52 bits per heavy atom. The molecule has 0 atom stereocenters. The summed E-state index contributed by atoms with van der Waals surface area (Å²) in [6, 6.07) is 27.7. The summed E-state index contributed by atoms with van der Waals surface area (Å²) in [6.45, 7) is 0. The fourth-order valence-corrected chi connectivity index (χ4v) is 3.81. The van der Waals surface area contributed by atoms with E-state index in [9.17, 15) is 0 Å². The third-order valence-corrected chi connectivity index (χ3v) is 5.32. The van der Waals surface area contributed by atoms with E-state index < -0.39 is 0 Å². The number of halogens is 1. The number of nitrogens with zero attached hydrogens (tertiary/aromatic N) is 1. The lowest BCUT2D eigenvalue weighted by molar-refractivity contribution is -0.646. The summed E-state index contributed by atoms with van der Waals surface area (Å²) in [5, 5.41) is 1.26. The van der Waals surface area contributed by atoms with Crippen molar-refractivity contribution in [1.29, 1.82) is 0 Å². The van der Waals surface area contributed by atoms with Gasteiger partial charge < -0.3 is 24.0 Å². The van der Waals surface area contributed by atoms with E-state index in [1.165, 1.54) is 31.9 Å². The molecule has 0 N–H and O–H groups in total. The maximum absolute atomic E-state index is 2.23. The standard InChI is InChI=1S/C22H18NS.HI/c1-23-19(12-11-17-7-5-6-10-21(17)23)13-14-20-15-16-22(24-20)18-8-3-2-4-9-18;/h2-16H,1H3;1H/q+1;/p-1/b14-13+;. The van der Waals surface area contributed by atoms with Gasteiger partial charge in [-0.25, -0.2) is 0 Å². The lowest BCUT2D eigenvalue weighted by Crippen LogP contribution is -3.00. The van der Waals surface area contributed by atoms with Crippen molar-refractivity contribution in [3.05, 3.63) is 89.4 Å². The first-order chi connectivity index (χ1) is 11.8. The van der Waals surface area contributed by atoms with Crippen molar-refractivity contribution in [2.24, 2.45) is 7.05 Å². The van der Waals surface area contributed by atoms with Crippen LogP contribution < -0.4 is 28.5 Å². The van der Waals surface area contributed by atoms with Crippen LogP contribution in [-0.4, -0.2) is 0 Å². The number of hydrogen-bond acceptors (Lipinski definition) is 1. The van der Waals surface area contributed by atoms with Crippen molar-refractivity contribution in [2.75, 3.05) is 0 Å². The van der Waals surface area contributed by atoms with Crippen molar-refractivity contribution in [1.82, 2.24) is 0 Å². The molecule has 0 radical (unpaired) electrons. The number of hydrogen-bond donors (Lipinski definition) is 0. The van der Waals surface area contributed by atoms with Gasteiger partial charge in [-0.15, -0.1) is 11.3 Å². The normalized spacial score (nSPS) is 10.9. The zero-order chi connectivity index (χ0) is 16.4. The summed E-state index contributed by atoms with van der Waals surface area (Å²) < 4.78 is 2.23. The SMILES string of the molecule is C[n+]1c(/C=C/c2ccc(-c3ccccc3)s2)ccc2ccccc21.[I-]. The highest BCUT2D eigenvalue weighted by molar-refractivity contribution is 7.16. The molecule has 0 bridgehead atoms. The van der Waals surface area contributed by atoms with E-state index >= 15 is 0 Å². The molecular weight excluding hydrogens is 437 g/mol. The molecule has 3 heteroatoms. The number of aromatic nitrogens is 1. The first-order valence-corrected chi connectivity index (χ1v) is 8.84. The molecule has 0 unspecified atom stereocenters. The van der Waals surface area contributed by atoms with Crippen molar-refractivity contribution in [3.63, 3.8) is 0 Å². The van der Waals surface area contributed by atoms with Crippen LogP contribution in [0.2, 0.25) is 0 Å². The molecule has 0 fully saturated rings. The molecule has 0 amide bonds. The third-order valence-electron chi connectivity index (χ3n) is 4.22. The fourth-order valence-electron chi connectivity index (χ4n) is 2.89. The van der Waals surface area contributed by atoms with Crippen LogP contribution in [0.5, 0.6) is 0 Å². The summed E-state index contributed by atoms with van der Waals surface area (Å²) >= 11 is 1.82. The molecule has 2 heterocycles. The molecule has 0 spiro atoms. The number of fused-ring (bicyclic) bond motifs is 1. The van der Waals surface area contributed by atoms with Crippen molar-refractivity contribution >= 4 is 34.4 Å². The Bertz CT molecular complexity index is 1020. The van der Waals surface area contributed by atoms with Crippen LogP contribution in [0.15, 0.2) is 78.9 Å². The predicted molar refractivity (Wildman–Crippen MR) is 104 cm³/mol. The first-order valence-electron chi connectivity index (χ1n) is 8.02. The smallest absolute Gasteiger partial charge is 0.212 e. The minimum atomic E-state index is 0. The summed E-state index contributed by atoms with van der Waals surface area (Å²) in [4.78, 5) is 2.57. The molecule has 0 saturated heterocycles. The van der Waals surface area contributed by atoms with Gasteiger partial charge in [0.05, 0.1) is 0 Å². The van der Waals surface area contributed by atoms with E-state index in [1.807, 2.05) is 11.3 Å². The average molecular weight is 455 g/mol. The molecular formula is C22H18INS. The quantitative estimate of drug-likeness (QED) is 0.331. The monoisotopic (exact) mass is 455 g/mol. The number of thiophene rings is 1. The fraction of sp³-hybridized carbons (Fsp3) is 0.0455. The molecule has 1 nitrogen and oxygen atoms in total. The Morgan fingerprint density at radius 3 is 2.36 bits per heavy atom. The van der Waals surface area contributed by atoms with Gasteiger partial charge >= 0.3 is 0 Å². The Morgan fingerprint density at radius 1 is 0.760 bits per heavy atom. The summed E-state index contributed by atoms with van der Waals surface area (Å²) in [5.74, 6) is 0. The second-order valence-electron chi connectivity index (χ2n) is 5.78. The number of pyridine rings is 1. The van der Waals surface area contributed by atoms with Gasteiger partial charge in [0.15, 0.2) is 0 Å². The van der Waals surface area contributed by atoms with Gasteiger partial charge in [-0.2, -0.15) is 4.57 Å².